The van der Waals surface area contributed by atoms with Crippen molar-refractivity contribution in [2.45, 2.75) is 12.8 Å². The molecule has 32 heavy (non-hydrogen) atoms. The fourth-order valence-corrected chi connectivity index (χ4v) is 5.35. The lowest BCUT2D eigenvalue weighted by Gasteiger charge is -2.21. The van der Waals surface area contributed by atoms with Crippen molar-refractivity contribution in [2.75, 3.05) is 37.2 Å². The van der Waals surface area contributed by atoms with E-state index in [1.54, 1.807) is 18.2 Å². The van der Waals surface area contributed by atoms with Crippen molar-refractivity contribution in [3.05, 3.63) is 76.4 Å². The molecule has 0 spiro atoms. The number of nitrogens with zero attached hydrogens (tertiary/aromatic N) is 2. The highest BCUT2D eigenvalue weighted by Crippen LogP contribution is 2.35. The molecule has 6 heteroatoms. The number of rotatable bonds is 5. The van der Waals surface area contributed by atoms with Gasteiger partial charge in [0.25, 0.3) is 0 Å². The molecule has 0 N–H and O–H groups in total. The maximum atomic E-state index is 14.3. The molecule has 2 heterocycles. The molecule has 1 saturated heterocycles. The quantitative estimate of drug-likeness (QED) is 0.365. The average Bonchev–Trinajstić information content (AvgIpc) is 3.33. The zero-order valence-electron chi connectivity index (χ0n) is 18.2. The van der Waals surface area contributed by atoms with E-state index >= 15 is 0 Å². The predicted molar refractivity (Wildman–Crippen MR) is 132 cm³/mol. The summed E-state index contributed by atoms with van der Waals surface area (Å²) in [6, 6.07) is 14.3. The number of halogens is 1. The minimum absolute atomic E-state index is 0.0882. The van der Waals surface area contributed by atoms with Crippen LogP contribution in [0.1, 0.15) is 12.0 Å². The van der Waals surface area contributed by atoms with Crippen LogP contribution in [0.2, 0.25) is 0 Å². The van der Waals surface area contributed by atoms with Crippen LogP contribution in [0.4, 0.5) is 10.1 Å². The van der Waals surface area contributed by atoms with Crippen molar-refractivity contribution in [1.29, 1.82) is 0 Å². The molecule has 0 atom stereocenters. The van der Waals surface area contributed by atoms with Gasteiger partial charge in [0, 0.05) is 30.3 Å². The number of hydrogen-bond acceptors (Lipinski definition) is 5. The van der Waals surface area contributed by atoms with Gasteiger partial charge in [-0.05, 0) is 67.5 Å². The summed E-state index contributed by atoms with van der Waals surface area (Å²) in [4.78, 5) is 15.7. The molecular formula is C26H25FN2O2S. The number of hydrogen-bond donors (Lipinski definition) is 0. The SMILES string of the molecule is CN(C)CCc1cc2c(=O)c(-c3ccc(F)c4ccccc34)coc2cc1N1CCCS1. The Kier molecular flexibility index (Phi) is 5.66. The Morgan fingerprint density at radius 2 is 1.88 bits per heavy atom. The van der Waals surface area contributed by atoms with E-state index in [4.69, 9.17) is 4.42 Å². The second kappa shape index (κ2) is 8.60. The first kappa shape index (κ1) is 21.0. The Balaban J connectivity index is 1.69. The lowest BCUT2D eigenvalue weighted by atomic mass is 9.97. The van der Waals surface area contributed by atoms with Gasteiger partial charge in [0.15, 0.2) is 0 Å². The minimum Gasteiger partial charge on any atom is -0.463 e. The summed E-state index contributed by atoms with van der Waals surface area (Å²) >= 11 is 1.82. The van der Waals surface area contributed by atoms with Gasteiger partial charge in [-0.15, -0.1) is 0 Å². The third-order valence-corrected chi connectivity index (χ3v) is 7.15. The van der Waals surface area contributed by atoms with Crippen LogP contribution in [0.3, 0.4) is 0 Å². The van der Waals surface area contributed by atoms with Gasteiger partial charge in [-0.25, -0.2) is 4.39 Å². The van der Waals surface area contributed by atoms with Gasteiger partial charge in [0.1, 0.15) is 17.7 Å². The predicted octanol–water partition coefficient (Wildman–Crippen LogP) is 5.71. The average molecular weight is 449 g/mol. The Morgan fingerprint density at radius 1 is 1.06 bits per heavy atom. The van der Waals surface area contributed by atoms with E-state index in [2.05, 4.69) is 23.3 Å². The van der Waals surface area contributed by atoms with Crippen LogP contribution in [0.5, 0.6) is 0 Å². The first-order valence-electron chi connectivity index (χ1n) is 10.8. The highest BCUT2D eigenvalue weighted by atomic mass is 32.2. The summed E-state index contributed by atoms with van der Waals surface area (Å²) in [7, 11) is 4.11. The van der Waals surface area contributed by atoms with Gasteiger partial charge < -0.3 is 13.6 Å². The highest BCUT2D eigenvalue weighted by Gasteiger charge is 2.20. The summed E-state index contributed by atoms with van der Waals surface area (Å²) in [5, 5.41) is 1.77. The molecule has 0 unspecified atom stereocenters. The van der Waals surface area contributed by atoms with Gasteiger partial charge in [0.05, 0.1) is 16.6 Å². The topological polar surface area (TPSA) is 36.7 Å². The Morgan fingerprint density at radius 3 is 2.62 bits per heavy atom. The standard InChI is InChI=1S/C26H25FN2O2S/c1-28(2)12-10-17-14-21-25(15-24(17)29-11-5-13-32-29)31-16-22(26(21)30)19-8-9-23(27)20-7-4-3-6-18(19)20/h3-4,6-9,14-16H,5,10-13H2,1-2H3. The summed E-state index contributed by atoms with van der Waals surface area (Å²) in [5.74, 6) is 0.805. The largest absolute Gasteiger partial charge is 0.463 e. The molecule has 0 radical (unpaired) electrons. The van der Waals surface area contributed by atoms with Gasteiger partial charge in [-0.2, -0.15) is 0 Å². The first-order valence-corrected chi connectivity index (χ1v) is 11.8. The van der Waals surface area contributed by atoms with E-state index in [1.807, 2.05) is 36.2 Å². The van der Waals surface area contributed by atoms with Crippen molar-refractivity contribution >= 4 is 39.4 Å². The molecule has 164 valence electrons. The van der Waals surface area contributed by atoms with Crippen molar-refractivity contribution in [3.8, 4) is 11.1 Å². The fraction of sp³-hybridized carbons (Fsp3) is 0.269. The molecule has 0 amide bonds. The van der Waals surface area contributed by atoms with Crippen molar-refractivity contribution < 1.29 is 8.81 Å². The summed E-state index contributed by atoms with van der Waals surface area (Å²) < 4.78 is 22.6. The number of likely N-dealkylation sites (N-methyl/N-ethyl adjacent to an activating group) is 1. The zero-order chi connectivity index (χ0) is 22.2. The van der Waals surface area contributed by atoms with Gasteiger partial charge in [-0.3, -0.25) is 4.79 Å². The summed E-state index contributed by atoms with van der Waals surface area (Å²) in [5.41, 5.74) is 3.91. The Labute approximate surface area is 190 Å². The molecule has 5 rings (SSSR count). The molecule has 0 saturated carbocycles. The first-order chi connectivity index (χ1) is 15.5. The van der Waals surface area contributed by atoms with E-state index in [0.29, 0.717) is 32.9 Å². The maximum Gasteiger partial charge on any atom is 0.200 e. The third kappa shape index (κ3) is 3.78. The van der Waals surface area contributed by atoms with Gasteiger partial charge in [0.2, 0.25) is 5.43 Å². The third-order valence-electron chi connectivity index (χ3n) is 5.98. The zero-order valence-corrected chi connectivity index (χ0v) is 19.0. The van der Waals surface area contributed by atoms with E-state index in [-0.39, 0.29) is 11.2 Å². The Bertz CT molecular complexity index is 1360. The molecule has 4 aromatic rings. The summed E-state index contributed by atoms with van der Waals surface area (Å²) in [6.07, 6.45) is 3.51. The van der Waals surface area contributed by atoms with Crippen LogP contribution in [0, 0.1) is 5.82 Å². The monoisotopic (exact) mass is 448 g/mol. The lowest BCUT2D eigenvalue weighted by molar-refractivity contribution is 0.414. The van der Waals surface area contributed by atoms with Gasteiger partial charge in [-0.1, -0.05) is 30.3 Å². The van der Waals surface area contributed by atoms with Crippen LogP contribution >= 0.6 is 11.9 Å². The van der Waals surface area contributed by atoms with E-state index < -0.39 is 0 Å². The van der Waals surface area contributed by atoms with Crippen molar-refractivity contribution in [2.24, 2.45) is 0 Å². The molecule has 1 aliphatic heterocycles. The smallest absolute Gasteiger partial charge is 0.200 e. The van der Waals surface area contributed by atoms with Gasteiger partial charge >= 0.3 is 0 Å². The van der Waals surface area contributed by atoms with E-state index in [1.165, 1.54) is 12.3 Å². The molecular weight excluding hydrogens is 423 g/mol. The second-order valence-electron chi connectivity index (χ2n) is 8.44. The highest BCUT2D eigenvalue weighted by molar-refractivity contribution is 8.00. The molecule has 3 aromatic carbocycles. The normalized spacial score (nSPS) is 14.2. The van der Waals surface area contributed by atoms with Crippen LogP contribution in [-0.4, -0.2) is 37.8 Å². The molecule has 1 aromatic heterocycles. The molecule has 1 aliphatic rings. The maximum absolute atomic E-state index is 14.3. The Hall–Kier alpha value is -2.83. The molecule has 4 nitrogen and oxygen atoms in total. The number of anilines is 1. The minimum atomic E-state index is -0.298. The van der Waals surface area contributed by atoms with Crippen LogP contribution in [0.25, 0.3) is 32.9 Å². The van der Waals surface area contributed by atoms with Crippen LogP contribution in [-0.2, 0) is 6.42 Å². The molecule has 1 fully saturated rings. The van der Waals surface area contributed by atoms with Crippen molar-refractivity contribution in [1.82, 2.24) is 4.90 Å². The fourth-order valence-electron chi connectivity index (χ4n) is 4.31. The van der Waals surface area contributed by atoms with Crippen LogP contribution in [0.15, 0.2) is 64.0 Å². The van der Waals surface area contributed by atoms with E-state index in [0.717, 1.165) is 42.9 Å². The number of fused-ring (bicyclic) bond motifs is 2. The summed E-state index contributed by atoms with van der Waals surface area (Å²) in [6.45, 7) is 1.89. The second-order valence-corrected chi connectivity index (χ2v) is 9.55. The molecule has 0 bridgehead atoms. The number of benzene rings is 3. The van der Waals surface area contributed by atoms with E-state index in [9.17, 15) is 9.18 Å². The molecule has 0 aliphatic carbocycles. The lowest BCUT2D eigenvalue weighted by Crippen LogP contribution is -2.18. The van der Waals surface area contributed by atoms with Crippen molar-refractivity contribution in [3.63, 3.8) is 0 Å². The van der Waals surface area contributed by atoms with Crippen LogP contribution < -0.4 is 9.73 Å².